The number of rotatable bonds is 32. The van der Waals surface area contributed by atoms with Gasteiger partial charge in [-0.1, -0.05) is 135 Å². The van der Waals surface area contributed by atoms with E-state index < -0.39 is 51.1 Å². The van der Waals surface area contributed by atoms with E-state index in [0.29, 0.717) is 6.42 Å². The molecule has 0 aliphatic carbocycles. The van der Waals surface area contributed by atoms with Crippen molar-refractivity contribution in [1.29, 1.82) is 0 Å². The van der Waals surface area contributed by atoms with Gasteiger partial charge in [0.1, 0.15) is 12.6 Å². The second-order valence-corrected chi connectivity index (χ2v) is 13.2. The monoisotopic (exact) mass is 651 g/mol. The van der Waals surface area contributed by atoms with Gasteiger partial charge in [-0.3, -0.25) is 23.4 Å². The highest BCUT2D eigenvalue weighted by Crippen LogP contribution is 2.43. The van der Waals surface area contributed by atoms with Crippen molar-refractivity contribution in [2.75, 3.05) is 19.8 Å². The number of carboxylic acid groups (broad SMARTS) is 1. The Bertz CT molecular complexity index is 782. The van der Waals surface area contributed by atoms with Crippen molar-refractivity contribution < 1.29 is 47.5 Å². The van der Waals surface area contributed by atoms with Crippen LogP contribution in [0, 0.1) is 0 Å². The minimum absolute atomic E-state index is 0.163. The summed E-state index contributed by atoms with van der Waals surface area (Å²) in [5.41, 5.74) is 5.23. The van der Waals surface area contributed by atoms with Gasteiger partial charge < -0.3 is 25.2 Å². The number of aliphatic carboxylic acids is 1. The van der Waals surface area contributed by atoms with Crippen molar-refractivity contribution in [1.82, 2.24) is 0 Å². The van der Waals surface area contributed by atoms with Crippen LogP contribution in [0.1, 0.15) is 155 Å². The number of carbonyl (C=O) groups is 3. The van der Waals surface area contributed by atoms with E-state index in [2.05, 4.69) is 11.4 Å². The lowest BCUT2D eigenvalue weighted by atomic mass is 10.0. The zero-order valence-corrected chi connectivity index (χ0v) is 28.4. The molecule has 12 heteroatoms. The van der Waals surface area contributed by atoms with E-state index in [9.17, 15) is 23.8 Å². The number of phosphoric ester groups is 1. The predicted molar refractivity (Wildman–Crippen MR) is 171 cm³/mol. The number of carbonyl (C=O) groups excluding carboxylic acids is 2. The van der Waals surface area contributed by atoms with Gasteiger partial charge in [-0.25, -0.2) is 4.57 Å². The van der Waals surface area contributed by atoms with Crippen LogP contribution in [0.2, 0.25) is 0 Å². The van der Waals surface area contributed by atoms with Crippen LogP contribution < -0.4 is 5.73 Å². The molecule has 44 heavy (non-hydrogen) atoms. The lowest BCUT2D eigenvalue weighted by molar-refractivity contribution is -0.160. The highest BCUT2D eigenvalue weighted by Gasteiger charge is 2.27. The summed E-state index contributed by atoms with van der Waals surface area (Å²) in [6.45, 7) is 1.73. The Balaban J connectivity index is 3.80. The summed E-state index contributed by atoms with van der Waals surface area (Å²) in [7, 11) is -4.67. The normalized spacial score (nSPS) is 14.1. The van der Waals surface area contributed by atoms with Crippen molar-refractivity contribution in [2.45, 2.75) is 167 Å². The number of hydrogen-bond acceptors (Lipinski definition) is 9. The largest absolute Gasteiger partial charge is 0.480 e. The average molecular weight is 652 g/mol. The summed E-state index contributed by atoms with van der Waals surface area (Å²) in [6.07, 6.45) is 25.8. The molecule has 0 aliphatic rings. The molecule has 0 rings (SSSR count). The van der Waals surface area contributed by atoms with E-state index in [0.717, 1.165) is 19.3 Å². The molecule has 0 bridgehead atoms. The summed E-state index contributed by atoms with van der Waals surface area (Å²) in [5, 5.41) is 8.73. The minimum Gasteiger partial charge on any atom is -0.480 e. The Kier molecular flexibility index (Phi) is 27.9. The first kappa shape index (κ1) is 42.5. The van der Waals surface area contributed by atoms with E-state index in [1.807, 2.05) is 0 Å². The summed E-state index contributed by atoms with van der Waals surface area (Å²) >= 11 is 0. The zero-order valence-electron chi connectivity index (χ0n) is 27.5. The Morgan fingerprint density at radius 2 is 1.05 bits per heavy atom. The summed E-state index contributed by atoms with van der Waals surface area (Å²) < 4.78 is 31.4. The van der Waals surface area contributed by atoms with Crippen LogP contribution in [-0.2, 0) is 37.5 Å². The van der Waals surface area contributed by atoms with E-state index in [1.165, 1.54) is 116 Å². The third-order valence-corrected chi connectivity index (χ3v) is 8.36. The molecule has 0 amide bonds. The summed E-state index contributed by atoms with van der Waals surface area (Å²) in [4.78, 5) is 43.8. The van der Waals surface area contributed by atoms with Crippen LogP contribution in [0.25, 0.3) is 0 Å². The molecule has 11 nitrogen and oxygen atoms in total. The predicted octanol–water partition coefficient (Wildman–Crippen LogP) is 7.61. The highest BCUT2D eigenvalue weighted by atomic mass is 31.2. The fraction of sp³-hybridized carbons (Fsp3) is 0.906. The second-order valence-electron chi connectivity index (χ2n) is 11.7. The lowest BCUT2D eigenvalue weighted by Crippen LogP contribution is -2.34. The molecule has 0 fully saturated rings. The van der Waals surface area contributed by atoms with Crippen LogP contribution in [0.15, 0.2) is 0 Å². The summed E-state index contributed by atoms with van der Waals surface area (Å²) in [6, 6.07) is -1.51. The fourth-order valence-corrected chi connectivity index (χ4v) is 5.51. The SMILES string of the molecule is CCCCCCCCCCCCCCCCCCCCCCCC(=O)OC(COC(C)=O)COP(=O)(O)OCC(N)C(=O)O. The molecule has 0 heterocycles. The first-order valence-electron chi connectivity index (χ1n) is 17.0. The molecule has 0 spiro atoms. The third-order valence-electron chi connectivity index (χ3n) is 7.41. The van der Waals surface area contributed by atoms with Gasteiger partial charge >= 0.3 is 25.7 Å². The number of unbranched alkanes of at least 4 members (excludes halogenated alkanes) is 20. The summed E-state index contributed by atoms with van der Waals surface area (Å²) in [5.74, 6) is -2.57. The van der Waals surface area contributed by atoms with Crippen molar-refractivity contribution in [3.8, 4) is 0 Å². The maximum absolute atomic E-state index is 12.3. The van der Waals surface area contributed by atoms with Gasteiger partial charge in [0.05, 0.1) is 13.2 Å². The maximum Gasteiger partial charge on any atom is 0.472 e. The van der Waals surface area contributed by atoms with Crippen LogP contribution in [0.5, 0.6) is 0 Å². The Hall–Kier alpha value is -1.52. The number of ether oxygens (including phenoxy) is 2. The lowest BCUT2D eigenvalue weighted by Gasteiger charge is -2.20. The van der Waals surface area contributed by atoms with Gasteiger partial charge in [0.2, 0.25) is 0 Å². The molecule has 0 saturated heterocycles. The number of carboxylic acids is 1. The molecule has 0 aliphatic heterocycles. The molecule has 0 saturated carbocycles. The molecule has 0 aromatic heterocycles. The van der Waals surface area contributed by atoms with Gasteiger partial charge in [0.15, 0.2) is 6.10 Å². The molecule has 0 aromatic rings. The van der Waals surface area contributed by atoms with Gasteiger partial charge in [0, 0.05) is 13.3 Å². The molecule has 4 N–H and O–H groups in total. The van der Waals surface area contributed by atoms with Gasteiger partial charge in [0.25, 0.3) is 0 Å². The van der Waals surface area contributed by atoms with Crippen LogP contribution in [0.3, 0.4) is 0 Å². The van der Waals surface area contributed by atoms with E-state index in [4.69, 9.17) is 24.8 Å². The number of phosphoric acid groups is 1. The number of nitrogens with two attached hydrogens (primary N) is 1. The standard InChI is InChI=1S/C32H62NO10P/c1-3-4-5-6-7-8-9-10-11-12-13-14-15-16-17-18-19-20-21-22-23-24-31(35)43-29(25-40-28(2)34)26-41-44(38,39)42-27-30(33)32(36)37/h29-30H,3-27,33H2,1-2H3,(H,36,37)(H,38,39). The van der Waals surface area contributed by atoms with E-state index in [-0.39, 0.29) is 13.0 Å². The molecular weight excluding hydrogens is 589 g/mol. The van der Waals surface area contributed by atoms with Crippen molar-refractivity contribution in [2.24, 2.45) is 5.73 Å². The molecule has 3 atom stereocenters. The Morgan fingerprint density at radius 1 is 0.659 bits per heavy atom. The Labute approximate surface area is 265 Å². The fourth-order valence-electron chi connectivity index (χ4n) is 4.73. The topological polar surface area (TPSA) is 172 Å². The molecule has 3 unspecified atom stereocenters. The van der Waals surface area contributed by atoms with E-state index >= 15 is 0 Å². The van der Waals surface area contributed by atoms with Crippen molar-refractivity contribution in [3.05, 3.63) is 0 Å². The smallest absolute Gasteiger partial charge is 0.472 e. The van der Waals surface area contributed by atoms with Crippen molar-refractivity contribution in [3.63, 3.8) is 0 Å². The highest BCUT2D eigenvalue weighted by molar-refractivity contribution is 7.47. The van der Waals surface area contributed by atoms with Crippen LogP contribution >= 0.6 is 7.82 Å². The first-order valence-corrected chi connectivity index (χ1v) is 18.5. The Morgan fingerprint density at radius 3 is 1.43 bits per heavy atom. The third kappa shape index (κ3) is 29.2. The number of esters is 2. The van der Waals surface area contributed by atoms with Crippen LogP contribution in [-0.4, -0.2) is 59.9 Å². The maximum atomic E-state index is 12.3. The quantitative estimate of drug-likeness (QED) is 0.0371. The first-order chi connectivity index (χ1) is 21.1. The van der Waals surface area contributed by atoms with Gasteiger partial charge in [-0.05, 0) is 6.42 Å². The number of hydrogen-bond donors (Lipinski definition) is 3. The van der Waals surface area contributed by atoms with E-state index in [1.54, 1.807) is 0 Å². The molecule has 260 valence electrons. The average Bonchev–Trinajstić information content (AvgIpc) is 2.98. The van der Waals surface area contributed by atoms with Gasteiger partial charge in [-0.2, -0.15) is 0 Å². The molecular formula is C32H62NO10P. The van der Waals surface area contributed by atoms with Crippen LogP contribution in [0.4, 0.5) is 0 Å². The second kappa shape index (κ2) is 28.9. The minimum atomic E-state index is -4.67. The zero-order chi connectivity index (χ0) is 32.9. The molecule has 0 radical (unpaired) electrons. The van der Waals surface area contributed by atoms with Crippen molar-refractivity contribution >= 4 is 25.7 Å². The van der Waals surface area contributed by atoms with Gasteiger partial charge in [-0.15, -0.1) is 0 Å². The molecule has 0 aromatic carbocycles.